The van der Waals surface area contributed by atoms with E-state index in [1.165, 1.54) is 0 Å². The van der Waals surface area contributed by atoms with Crippen LogP contribution in [0.4, 0.5) is 5.69 Å². The van der Waals surface area contributed by atoms with Gasteiger partial charge in [-0.1, -0.05) is 32.1 Å². The van der Waals surface area contributed by atoms with Crippen LogP contribution < -0.4 is 15.4 Å². The second kappa shape index (κ2) is 5.90. The van der Waals surface area contributed by atoms with Crippen molar-refractivity contribution in [3.63, 3.8) is 0 Å². The van der Waals surface area contributed by atoms with Crippen LogP contribution in [0, 0.1) is 5.92 Å². The van der Waals surface area contributed by atoms with Crippen molar-refractivity contribution in [1.82, 2.24) is 0 Å². The molecule has 21 heavy (non-hydrogen) atoms. The molecule has 0 aliphatic carbocycles. The first-order valence-corrected chi connectivity index (χ1v) is 7.33. The highest BCUT2D eigenvalue weighted by molar-refractivity contribution is 6.00. The molecule has 4 heteroatoms. The molecule has 0 spiro atoms. The Kier molecular flexibility index (Phi) is 4.37. The van der Waals surface area contributed by atoms with Crippen molar-refractivity contribution in [3.05, 3.63) is 35.9 Å². The van der Waals surface area contributed by atoms with Crippen molar-refractivity contribution in [1.29, 1.82) is 0 Å². The number of ether oxygens (including phenoxy) is 1. The third-order valence-electron chi connectivity index (χ3n) is 3.72. The van der Waals surface area contributed by atoms with Gasteiger partial charge in [0.25, 0.3) is 5.91 Å². The normalized spacial score (nSPS) is 19.2. The molecule has 2 rings (SSSR count). The minimum atomic E-state index is -0.471. The molecule has 2 N–H and O–H groups in total. The van der Waals surface area contributed by atoms with E-state index in [-0.39, 0.29) is 11.9 Å². The van der Waals surface area contributed by atoms with Crippen molar-refractivity contribution in [3.8, 4) is 5.75 Å². The van der Waals surface area contributed by atoms with Crippen LogP contribution in [-0.4, -0.2) is 18.6 Å². The molecule has 0 aromatic heterocycles. The minimum Gasteiger partial charge on any atom is -0.479 e. The SMILES string of the molecule is C=C(C)CN1C(=O)C(C)Oc2ccc(C(N)C(C)C)cc21. The quantitative estimate of drug-likeness (QED) is 0.866. The second-order valence-corrected chi connectivity index (χ2v) is 6.14. The zero-order chi connectivity index (χ0) is 15.7. The summed E-state index contributed by atoms with van der Waals surface area (Å²) in [6.07, 6.45) is -0.471. The zero-order valence-corrected chi connectivity index (χ0v) is 13.2. The van der Waals surface area contributed by atoms with Crippen LogP contribution in [0.15, 0.2) is 30.4 Å². The van der Waals surface area contributed by atoms with E-state index in [1.807, 2.05) is 25.1 Å². The van der Waals surface area contributed by atoms with E-state index in [4.69, 9.17) is 10.5 Å². The van der Waals surface area contributed by atoms with Gasteiger partial charge in [-0.25, -0.2) is 0 Å². The first-order chi connectivity index (χ1) is 9.81. The first kappa shape index (κ1) is 15.6. The third-order valence-corrected chi connectivity index (χ3v) is 3.72. The zero-order valence-electron chi connectivity index (χ0n) is 13.2. The minimum absolute atomic E-state index is 0.0410. The molecule has 0 fully saturated rings. The summed E-state index contributed by atoms with van der Waals surface area (Å²) in [6, 6.07) is 5.79. The summed E-state index contributed by atoms with van der Waals surface area (Å²) in [4.78, 5) is 14.1. The van der Waals surface area contributed by atoms with Gasteiger partial charge in [0.2, 0.25) is 0 Å². The van der Waals surface area contributed by atoms with Crippen LogP contribution in [0.1, 0.15) is 39.3 Å². The number of carbonyl (C=O) groups excluding carboxylic acids is 1. The first-order valence-electron chi connectivity index (χ1n) is 7.33. The number of nitrogens with two attached hydrogens (primary N) is 1. The lowest BCUT2D eigenvalue weighted by molar-refractivity contribution is -0.125. The number of fused-ring (bicyclic) bond motifs is 1. The predicted molar refractivity (Wildman–Crippen MR) is 85.5 cm³/mol. The Morgan fingerprint density at radius 1 is 1.48 bits per heavy atom. The van der Waals surface area contributed by atoms with Crippen molar-refractivity contribution in [2.24, 2.45) is 11.7 Å². The number of anilines is 1. The molecule has 1 aromatic carbocycles. The van der Waals surface area contributed by atoms with E-state index in [2.05, 4.69) is 20.4 Å². The van der Waals surface area contributed by atoms with Gasteiger partial charge in [0, 0.05) is 12.6 Å². The molecule has 1 aliphatic heterocycles. The highest BCUT2D eigenvalue weighted by Gasteiger charge is 2.31. The molecule has 0 bridgehead atoms. The summed E-state index contributed by atoms with van der Waals surface area (Å²) in [6.45, 7) is 12.3. The number of rotatable bonds is 4. The molecule has 0 radical (unpaired) electrons. The number of nitrogens with zero attached hydrogens (tertiary/aromatic N) is 1. The second-order valence-electron chi connectivity index (χ2n) is 6.14. The maximum Gasteiger partial charge on any atom is 0.268 e. The number of hydrogen-bond donors (Lipinski definition) is 1. The van der Waals surface area contributed by atoms with Gasteiger partial charge < -0.3 is 15.4 Å². The van der Waals surface area contributed by atoms with E-state index in [9.17, 15) is 4.79 Å². The Morgan fingerprint density at radius 2 is 2.14 bits per heavy atom. The van der Waals surface area contributed by atoms with Crippen LogP contribution in [0.25, 0.3) is 0 Å². The summed E-state index contributed by atoms with van der Waals surface area (Å²) in [7, 11) is 0. The smallest absolute Gasteiger partial charge is 0.268 e. The lowest BCUT2D eigenvalue weighted by Gasteiger charge is -2.34. The average molecular weight is 288 g/mol. The van der Waals surface area contributed by atoms with Crippen LogP contribution in [0.5, 0.6) is 5.75 Å². The van der Waals surface area contributed by atoms with E-state index < -0.39 is 6.10 Å². The van der Waals surface area contributed by atoms with Gasteiger partial charge in [-0.3, -0.25) is 4.79 Å². The Balaban J connectivity index is 2.45. The summed E-state index contributed by atoms with van der Waals surface area (Å²) in [5.74, 6) is 1.01. The molecule has 1 heterocycles. The van der Waals surface area contributed by atoms with E-state index in [1.54, 1.807) is 11.8 Å². The fourth-order valence-corrected chi connectivity index (χ4v) is 2.45. The Morgan fingerprint density at radius 3 is 2.71 bits per heavy atom. The van der Waals surface area contributed by atoms with Gasteiger partial charge in [0.1, 0.15) is 5.75 Å². The highest BCUT2D eigenvalue weighted by Crippen LogP contribution is 2.37. The fraction of sp³-hybridized carbons (Fsp3) is 0.471. The van der Waals surface area contributed by atoms with Gasteiger partial charge in [-0.05, 0) is 37.5 Å². The Labute approximate surface area is 126 Å². The Hall–Kier alpha value is -1.81. The molecule has 0 saturated carbocycles. The maximum absolute atomic E-state index is 12.4. The monoisotopic (exact) mass is 288 g/mol. The van der Waals surface area contributed by atoms with E-state index in [0.29, 0.717) is 12.5 Å². The molecular weight excluding hydrogens is 264 g/mol. The van der Waals surface area contributed by atoms with Crippen LogP contribution >= 0.6 is 0 Å². The van der Waals surface area contributed by atoms with Gasteiger partial charge in [0.05, 0.1) is 5.69 Å². The number of benzene rings is 1. The van der Waals surface area contributed by atoms with Gasteiger partial charge in [0.15, 0.2) is 6.10 Å². The number of carbonyl (C=O) groups is 1. The van der Waals surface area contributed by atoms with Crippen molar-refractivity contribution >= 4 is 11.6 Å². The summed E-state index contributed by atoms with van der Waals surface area (Å²) >= 11 is 0. The Bertz CT molecular complexity index is 566. The van der Waals surface area contributed by atoms with Crippen LogP contribution in [0.2, 0.25) is 0 Å². The molecule has 0 saturated heterocycles. The van der Waals surface area contributed by atoms with Crippen LogP contribution in [-0.2, 0) is 4.79 Å². The van der Waals surface area contributed by atoms with Gasteiger partial charge in [-0.2, -0.15) is 0 Å². The number of amides is 1. The molecule has 2 atom stereocenters. The molecule has 4 nitrogen and oxygen atoms in total. The molecule has 1 aromatic rings. The van der Waals surface area contributed by atoms with Crippen molar-refractivity contribution in [2.45, 2.75) is 39.8 Å². The lowest BCUT2D eigenvalue weighted by atomic mass is 9.96. The topological polar surface area (TPSA) is 55.6 Å². The largest absolute Gasteiger partial charge is 0.479 e. The van der Waals surface area contributed by atoms with E-state index >= 15 is 0 Å². The van der Waals surface area contributed by atoms with Crippen LogP contribution in [0.3, 0.4) is 0 Å². The summed E-state index contributed by atoms with van der Waals surface area (Å²) < 4.78 is 5.69. The molecule has 1 aliphatic rings. The van der Waals surface area contributed by atoms with Crippen molar-refractivity contribution in [2.75, 3.05) is 11.4 Å². The number of hydrogen-bond acceptors (Lipinski definition) is 3. The average Bonchev–Trinajstić information content (AvgIpc) is 2.42. The summed E-state index contributed by atoms with van der Waals surface area (Å²) in [5, 5.41) is 0. The standard InChI is InChI=1S/C17H24N2O2/c1-10(2)9-19-14-8-13(16(18)11(3)4)6-7-15(14)21-12(5)17(19)20/h6-8,11-12,16H,1,9,18H2,2-5H3. The molecule has 114 valence electrons. The van der Waals surface area contributed by atoms with Gasteiger partial charge >= 0.3 is 0 Å². The highest BCUT2D eigenvalue weighted by atomic mass is 16.5. The van der Waals surface area contributed by atoms with Crippen molar-refractivity contribution < 1.29 is 9.53 Å². The molecule has 1 amide bonds. The third kappa shape index (κ3) is 3.10. The maximum atomic E-state index is 12.4. The molecular formula is C17H24N2O2. The summed E-state index contributed by atoms with van der Waals surface area (Å²) in [5.41, 5.74) is 8.95. The lowest BCUT2D eigenvalue weighted by Crippen LogP contribution is -2.45. The fourth-order valence-electron chi connectivity index (χ4n) is 2.45. The predicted octanol–water partition coefficient (Wildman–Crippen LogP) is 3.03. The van der Waals surface area contributed by atoms with Gasteiger partial charge in [-0.15, -0.1) is 0 Å². The van der Waals surface area contributed by atoms with E-state index in [0.717, 1.165) is 22.6 Å². The molecule has 2 unspecified atom stereocenters.